The fraction of sp³-hybridized carbons (Fsp3) is 0.350. The minimum absolute atomic E-state index is 0.117. The number of rotatable bonds is 7. The molecule has 1 saturated heterocycles. The quantitative estimate of drug-likeness (QED) is 0.806. The molecule has 0 radical (unpaired) electrons. The number of amides is 1. The van der Waals surface area contributed by atoms with Crippen molar-refractivity contribution in [3.63, 3.8) is 0 Å². The Morgan fingerprint density at radius 1 is 1.04 bits per heavy atom. The Bertz CT molecular complexity index is 752. The zero-order valence-corrected chi connectivity index (χ0v) is 15.6. The smallest absolute Gasteiger partial charge is 0.262 e. The number of para-hydroxylation sites is 2. The number of carbonyl (C=O) groups is 1. The first-order valence-corrected chi connectivity index (χ1v) is 8.77. The van der Waals surface area contributed by atoms with Gasteiger partial charge in [0.05, 0.1) is 38.8 Å². The monoisotopic (exact) mass is 372 g/mol. The predicted molar refractivity (Wildman–Crippen MR) is 103 cm³/mol. The van der Waals surface area contributed by atoms with Gasteiger partial charge in [0.1, 0.15) is 17.2 Å². The summed E-state index contributed by atoms with van der Waals surface area (Å²) in [6.07, 6.45) is 0. The molecule has 27 heavy (non-hydrogen) atoms. The van der Waals surface area contributed by atoms with Crippen molar-refractivity contribution in [3.05, 3.63) is 42.5 Å². The number of ether oxygens (including phenoxy) is 4. The summed E-state index contributed by atoms with van der Waals surface area (Å²) in [5.74, 6) is 1.46. The summed E-state index contributed by atoms with van der Waals surface area (Å²) >= 11 is 0. The van der Waals surface area contributed by atoms with Crippen molar-refractivity contribution < 1.29 is 23.7 Å². The van der Waals surface area contributed by atoms with E-state index in [9.17, 15) is 4.79 Å². The van der Waals surface area contributed by atoms with E-state index in [4.69, 9.17) is 18.9 Å². The standard InChI is InChI=1S/C20H24N2O5/c1-24-15-11-16(25-2)13-17(12-15)27-14-20(23)21-18-5-3-4-6-19(18)22-7-9-26-10-8-22/h3-6,11-13H,7-10,14H2,1-2H3,(H,21,23). The Morgan fingerprint density at radius 3 is 2.33 bits per heavy atom. The molecule has 3 rings (SSSR count). The summed E-state index contributed by atoms with van der Waals surface area (Å²) in [6.45, 7) is 2.85. The molecule has 7 nitrogen and oxygen atoms in total. The van der Waals surface area contributed by atoms with Gasteiger partial charge in [-0.25, -0.2) is 0 Å². The average Bonchev–Trinajstić information content (AvgIpc) is 2.73. The summed E-state index contributed by atoms with van der Waals surface area (Å²) < 4.78 is 21.4. The van der Waals surface area contributed by atoms with Gasteiger partial charge in [0.25, 0.3) is 5.91 Å². The first kappa shape index (κ1) is 18.8. The van der Waals surface area contributed by atoms with Crippen LogP contribution in [0, 0.1) is 0 Å². The molecule has 1 aliphatic rings. The van der Waals surface area contributed by atoms with Crippen LogP contribution in [0.2, 0.25) is 0 Å². The Morgan fingerprint density at radius 2 is 1.67 bits per heavy atom. The molecule has 0 unspecified atom stereocenters. The third kappa shape index (κ3) is 5.04. The van der Waals surface area contributed by atoms with Crippen molar-refractivity contribution in [1.29, 1.82) is 0 Å². The molecular formula is C20H24N2O5. The van der Waals surface area contributed by atoms with Crippen molar-refractivity contribution >= 4 is 17.3 Å². The molecule has 0 spiro atoms. The zero-order chi connectivity index (χ0) is 19.1. The van der Waals surface area contributed by atoms with Gasteiger partial charge < -0.3 is 29.2 Å². The number of hydrogen-bond donors (Lipinski definition) is 1. The van der Waals surface area contributed by atoms with Gasteiger partial charge in [0.2, 0.25) is 0 Å². The maximum absolute atomic E-state index is 12.4. The van der Waals surface area contributed by atoms with Crippen LogP contribution in [0.4, 0.5) is 11.4 Å². The SMILES string of the molecule is COc1cc(OC)cc(OCC(=O)Nc2ccccc2N2CCOCC2)c1. The molecule has 2 aromatic rings. The molecule has 0 saturated carbocycles. The van der Waals surface area contributed by atoms with E-state index in [1.807, 2.05) is 24.3 Å². The minimum Gasteiger partial charge on any atom is -0.496 e. The van der Waals surface area contributed by atoms with E-state index in [2.05, 4.69) is 10.2 Å². The van der Waals surface area contributed by atoms with Crippen LogP contribution in [0.3, 0.4) is 0 Å². The molecule has 2 aromatic carbocycles. The van der Waals surface area contributed by atoms with E-state index in [1.54, 1.807) is 32.4 Å². The van der Waals surface area contributed by atoms with E-state index in [1.165, 1.54) is 0 Å². The summed E-state index contributed by atoms with van der Waals surface area (Å²) in [4.78, 5) is 14.6. The van der Waals surface area contributed by atoms with E-state index < -0.39 is 0 Å². The highest BCUT2D eigenvalue weighted by atomic mass is 16.5. The first-order chi connectivity index (χ1) is 13.2. The second kappa shape index (κ2) is 9.14. The lowest BCUT2D eigenvalue weighted by atomic mass is 10.2. The third-order valence-corrected chi connectivity index (χ3v) is 4.22. The number of anilines is 2. The van der Waals surface area contributed by atoms with Crippen LogP contribution in [0.15, 0.2) is 42.5 Å². The van der Waals surface area contributed by atoms with Gasteiger partial charge in [0, 0.05) is 31.3 Å². The normalized spacial score (nSPS) is 13.8. The Hall–Kier alpha value is -2.93. The molecular weight excluding hydrogens is 348 g/mol. The van der Waals surface area contributed by atoms with E-state index in [-0.39, 0.29) is 12.5 Å². The molecule has 1 heterocycles. The second-order valence-corrected chi connectivity index (χ2v) is 6.00. The number of morpholine rings is 1. The van der Waals surface area contributed by atoms with Crippen LogP contribution in [0.5, 0.6) is 17.2 Å². The molecule has 7 heteroatoms. The van der Waals surface area contributed by atoms with Gasteiger partial charge >= 0.3 is 0 Å². The number of nitrogens with zero attached hydrogens (tertiary/aromatic N) is 1. The largest absolute Gasteiger partial charge is 0.496 e. The number of nitrogens with one attached hydrogen (secondary N) is 1. The lowest BCUT2D eigenvalue weighted by Crippen LogP contribution is -2.36. The van der Waals surface area contributed by atoms with Gasteiger partial charge in [-0.1, -0.05) is 12.1 Å². The van der Waals surface area contributed by atoms with E-state index in [0.29, 0.717) is 30.5 Å². The second-order valence-electron chi connectivity index (χ2n) is 6.00. The van der Waals surface area contributed by atoms with Crippen LogP contribution in [-0.2, 0) is 9.53 Å². The van der Waals surface area contributed by atoms with Crippen molar-refractivity contribution in [2.45, 2.75) is 0 Å². The highest BCUT2D eigenvalue weighted by Gasteiger charge is 2.16. The average molecular weight is 372 g/mol. The van der Waals surface area contributed by atoms with Crippen molar-refractivity contribution in [2.24, 2.45) is 0 Å². The maximum atomic E-state index is 12.4. The molecule has 0 aliphatic carbocycles. The minimum atomic E-state index is -0.238. The van der Waals surface area contributed by atoms with Gasteiger partial charge in [-0.05, 0) is 12.1 Å². The molecule has 1 aliphatic heterocycles. The highest BCUT2D eigenvalue weighted by Crippen LogP contribution is 2.28. The van der Waals surface area contributed by atoms with E-state index >= 15 is 0 Å². The summed E-state index contributed by atoms with van der Waals surface area (Å²) in [5.41, 5.74) is 1.74. The van der Waals surface area contributed by atoms with Gasteiger partial charge in [0.15, 0.2) is 6.61 Å². The number of benzene rings is 2. The number of methoxy groups -OCH3 is 2. The fourth-order valence-electron chi connectivity index (χ4n) is 2.86. The van der Waals surface area contributed by atoms with Crippen molar-refractivity contribution in [1.82, 2.24) is 0 Å². The third-order valence-electron chi connectivity index (χ3n) is 4.22. The number of carbonyl (C=O) groups excluding carboxylic acids is 1. The topological polar surface area (TPSA) is 69.3 Å². The summed E-state index contributed by atoms with van der Waals surface area (Å²) in [5, 5.41) is 2.93. The molecule has 0 aromatic heterocycles. The Balaban J connectivity index is 1.63. The van der Waals surface area contributed by atoms with E-state index in [0.717, 1.165) is 24.5 Å². The lowest BCUT2D eigenvalue weighted by molar-refractivity contribution is -0.118. The summed E-state index contributed by atoms with van der Waals surface area (Å²) in [7, 11) is 3.13. The fourth-order valence-corrected chi connectivity index (χ4v) is 2.86. The molecule has 144 valence electrons. The zero-order valence-electron chi connectivity index (χ0n) is 15.6. The van der Waals surface area contributed by atoms with Gasteiger partial charge in [-0.15, -0.1) is 0 Å². The molecule has 0 bridgehead atoms. The van der Waals surface area contributed by atoms with Crippen LogP contribution < -0.4 is 24.4 Å². The predicted octanol–water partition coefficient (Wildman–Crippen LogP) is 2.56. The first-order valence-electron chi connectivity index (χ1n) is 8.77. The van der Waals surface area contributed by atoms with Crippen LogP contribution in [0.25, 0.3) is 0 Å². The Labute approximate surface area is 158 Å². The summed E-state index contributed by atoms with van der Waals surface area (Å²) in [6, 6.07) is 12.9. The molecule has 1 fully saturated rings. The Kier molecular flexibility index (Phi) is 6.38. The number of hydrogen-bond acceptors (Lipinski definition) is 6. The molecule has 1 N–H and O–H groups in total. The molecule has 1 amide bonds. The van der Waals surface area contributed by atoms with Crippen molar-refractivity contribution in [2.75, 3.05) is 57.3 Å². The van der Waals surface area contributed by atoms with Crippen LogP contribution in [0.1, 0.15) is 0 Å². The highest BCUT2D eigenvalue weighted by molar-refractivity contribution is 5.95. The van der Waals surface area contributed by atoms with Crippen molar-refractivity contribution in [3.8, 4) is 17.2 Å². The van der Waals surface area contributed by atoms with Gasteiger partial charge in [-0.2, -0.15) is 0 Å². The maximum Gasteiger partial charge on any atom is 0.262 e. The lowest BCUT2D eigenvalue weighted by Gasteiger charge is -2.30. The van der Waals surface area contributed by atoms with Crippen LogP contribution in [-0.4, -0.2) is 53.0 Å². The van der Waals surface area contributed by atoms with Gasteiger partial charge in [-0.3, -0.25) is 4.79 Å². The van der Waals surface area contributed by atoms with Crippen LogP contribution >= 0.6 is 0 Å². The molecule has 0 atom stereocenters.